The van der Waals surface area contributed by atoms with Crippen molar-refractivity contribution in [3.8, 4) is 28.1 Å². The maximum absolute atomic E-state index is 4.22. The van der Waals surface area contributed by atoms with Crippen molar-refractivity contribution in [1.82, 2.24) is 9.55 Å². The molecule has 4 heteroatoms. The van der Waals surface area contributed by atoms with Crippen molar-refractivity contribution in [2.24, 2.45) is 7.05 Å². The zero-order valence-corrected chi connectivity index (χ0v) is 23.5. The molecule has 0 atom stereocenters. The second-order valence-corrected chi connectivity index (χ2v) is 8.66. The van der Waals surface area contributed by atoms with Gasteiger partial charge < -0.3 is 14.1 Å². The zero-order valence-electron chi connectivity index (χ0n) is 21.1. The molecule has 0 fully saturated rings. The number of hydrogen-bond acceptors (Lipinski definition) is 1. The van der Waals surface area contributed by atoms with E-state index in [0.29, 0.717) is 0 Å². The minimum Gasteiger partial charge on any atom is -0.341 e. The van der Waals surface area contributed by atoms with Crippen LogP contribution in [0.2, 0.25) is 0 Å². The standard InChI is InChI=1S/C22H19N2.C11H8N.Ir/c1-16-13-14-19(17(2)22(16)18-9-5-4-6-10-18)24-15-23(3)20-11-7-8-12-21(20)24;1-2-6-10(7-3-1)11-8-4-5-9-12-11;/h4-13H,1-3H3;1-6,8-9H;/q2*-1;+3. The third kappa shape index (κ3) is 5.61. The van der Waals surface area contributed by atoms with Crippen molar-refractivity contribution in [2.75, 3.05) is 0 Å². The summed E-state index contributed by atoms with van der Waals surface area (Å²) >= 11 is 0. The summed E-state index contributed by atoms with van der Waals surface area (Å²) in [5.41, 5.74) is 10.3. The second-order valence-electron chi connectivity index (χ2n) is 8.66. The van der Waals surface area contributed by atoms with Crippen molar-refractivity contribution in [3.63, 3.8) is 0 Å². The number of pyridine rings is 1. The van der Waals surface area contributed by atoms with Gasteiger partial charge in [-0.3, -0.25) is 0 Å². The molecule has 0 amide bonds. The largest absolute Gasteiger partial charge is 3.00 e. The number of para-hydroxylation sites is 2. The molecule has 3 nitrogen and oxygen atoms in total. The molecule has 0 bridgehead atoms. The van der Waals surface area contributed by atoms with Gasteiger partial charge in [-0.1, -0.05) is 86.3 Å². The molecule has 0 saturated carbocycles. The fraction of sp³-hybridized carbons (Fsp3) is 0.0909. The van der Waals surface area contributed by atoms with Crippen LogP contribution in [0, 0.1) is 32.3 Å². The van der Waals surface area contributed by atoms with Crippen LogP contribution in [-0.4, -0.2) is 9.55 Å². The van der Waals surface area contributed by atoms with Gasteiger partial charge in [0, 0.05) is 6.20 Å². The summed E-state index contributed by atoms with van der Waals surface area (Å²) in [5, 5.41) is 0. The van der Waals surface area contributed by atoms with Crippen molar-refractivity contribution in [3.05, 3.63) is 139 Å². The van der Waals surface area contributed by atoms with Gasteiger partial charge in [-0.25, -0.2) is 0 Å². The summed E-state index contributed by atoms with van der Waals surface area (Å²) in [7, 11) is 2.03. The molecule has 0 N–H and O–H groups in total. The maximum Gasteiger partial charge on any atom is 3.00 e. The number of fused-ring (bicyclic) bond motifs is 1. The van der Waals surface area contributed by atoms with E-state index in [4.69, 9.17) is 0 Å². The first kappa shape index (κ1) is 26.2. The molecule has 0 spiro atoms. The number of rotatable bonds is 3. The fourth-order valence-corrected chi connectivity index (χ4v) is 4.49. The Morgan fingerprint density at radius 1 is 0.784 bits per heavy atom. The Morgan fingerprint density at radius 3 is 2.24 bits per heavy atom. The second kappa shape index (κ2) is 11.9. The van der Waals surface area contributed by atoms with Crippen LogP contribution in [0.1, 0.15) is 11.1 Å². The molecule has 0 aliphatic carbocycles. The summed E-state index contributed by atoms with van der Waals surface area (Å²) in [6.45, 7) is 4.32. The van der Waals surface area contributed by atoms with Crippen LogP contribution in [0.4, 0.5) is 0 Å². The Bertz CT molecular complexity index is 1550. The Morgan fingerprint density at radius 2 is 1.51 bits per heavy atom. The quantitative estimate of drug-likeness (QED) is 0.150. The van der Waals surface area contributed by atoms with Gasteiger partial charge in [-0.15, -0.1) is 47.0 Å². The Hall–Kier alpha value is -3.85. The average Bonchev–Trinajstić information content (AvgIpc) is 3.27. The topological polar surface area (TPSA) is 21.7 Å². The van der Waals surface area contributed by atoms with E-state index in [1.807, 2.05) is 54.1 Å². The van der Waals surface area contributed by atoms with Gasteiger partial charge >= 0.3 is 20.1 Å². The molecule has 6 aromatic rings. The molecule has 0 radical (unpaired) electrons. The average molecular weight is 658 g/mol. The van der Waals surface area contributed by atoms with Gasteiger partial charge in [0.05, 0.1) is 18.1 Å². The minimum atomic E-state index is 0. The van der Waals surface area contributed by atoms with Crippen molar-refractivity contribution in [1.29, 1.82) is 0 Å². The Labute approximate surface area is 232 Å². The van der Waals surface area contributed by atoms with Crippen molar-refractivity contribution >= 4 is 11.0 Å². The molecule has 182 valence electrons. The van der Waals surface area contributed by atoms with Gasteiger partial charge in [0.15, 0.2) is 0 Å². The van der Waals surface area contributed by atoms with E-state index < -0.39 is 0 Å². The van der Waals surface area contributed by atoms with Gasteiger partial charge in [0.25, 0.3) is 0 Å². The van der Waals surface area contributed by atoms with Crippen LogP contribution in [0.15, 0.2) is 109 Å². The van der Waals surface area contributed by atoms with Gasteiger partial charge in [0.1, 0.15) is 0 Å². The van der Waals surface area contributed by atoms with E-state index in [1.54, 1.807) is 6.20 Å². The van der Waals surface area contributed by atoms with E-state index in [-0.39, 0.29) is 20.1 Å². The number of imidazole rings is 1. The number of hydrogen-bond donors (Lipinski definition) is 0. The molecule has 2 heterocycles. The van der Waals surface area contributed by atoms with Crippen LogP contribution in [0.25, 0.3) is 39.1 Å². The van der Waals surface area contributed by atoms with E-state index >= 15 is 0 Å². The number of aromatic nitrogens is 3. The summed E-state index contributed by atoms with van der Waals surface area (Å²) in [6, 6.07) is 41.3. The summed E-state index contributed by atoms with van der Waals surface area (Å²) in [6.07, 6.45) is 5.20. The molecule has 0 saturated heterocycles. The molecular weight excluding hydrogens is 631 g/mol. The van der Waals surface area contributed by atoms with E-state index in [9.17, 15) is 0 Å². The van der Waals surface area contributed by atoms with Crippen LogP contribution in [-0.2, 0) is 27.2 Å². The molecule has 0 unspecified atom stereocenters. The SMILES string of the molecule is Cc1c[c-]c(-n2[c-][n+](C)c3ccccc32)c(C)c1-c1ccccc1.[Ir+3].[c-]1ccccc1-c1ccccn1. The van der Waals surface area contributed by atoms with Crippen molar-refractivity contribution < 1.29 is 24.7 Å². The first-order valence-electron chi connectivity index (χ1n) is 12.0. The third-order valence-electron chi connectivity index (χ3n) is 6.22. The molecular formula is C33H27IrN3+. The molecule has 37 heavy (non-hydrogen) atoms. The smallest absolute Gasteiger partial charge is 0.341 e. The number of nitrogens with zero attached hydrogens (tertiary/aromatic N) is 3. The van der Waals surface area contributed by atoms with Gasteiger partial charge in [-0.05, 0) is 17.3 Å². The third-order valence-corrected chi connectivity index (χ3v) is 6.22. The maximum atomic E-state index is 4.22. The zero-order chi connectivity index (χ0) is 24.9. The summed E-state index contributed by atoms with van der Waals surface area (Å²) in [5.74, 6) is 0. The molecule has 2 aromatic heterocycles. The molecule has 0 aliphatic heterocycles. The van der Waals surface area contributed by atoms with Crippen LogP contribution < -0.4 is 4.57 Å². The van der Waals surface area contributed by atoms with E-state index in [2.05, 4.69) is 103 Å². The predicted octanol–water partition coefficient (Wildman–Crippen LogP) is 6.89. The summed E-state index contributed by atoms with van der Waals surface area (Å²) in [4.78, 5) is 4.22. The first-order valence-corrected chi connectivity index (χ1v) is 12.0. The monoisotopic (exact) mass is 658 g/mol. The fourth-order valence-electron chi connectivity index (χ4n) is 4.49. The van der Waals surface area contributed by atoms with E-state index in [0.717, 1.165) is 28.0 Å². The minimum absolute atomic E-state index is 0. The molecule has 0 aliphatic rings. The van der Waals surface area contributed by atoms with Gasteiger partial charge in [-0.2, -0.15) is 17.7 Å². The summed E-state index contributed by atoms with van der Waals surface area (Å²) < 4.78 is 4.14. The normalized spacial score (nSPS) is 10.4. The van der Waals surface area contributed by atoms with Crippen LogP contribution >= 0.6 is 0 Å². The Kier molecular flexibility index (Phi) is 8.45. The van der Waals surface area contributed by atoms with Crippen molar-refractivity contribution in [2.45, 2.75) is 13.8 Å². The number of aryl methyl sites for hydroxylation is 2. The molecule has 4 aromatic carbocycles. The van der Waals surface area contributed by atoms with Crippen LogP contribution in [0.5, 0.6) is 0 Å². The van der Waals surface area contributed by atoms with Gasteiger partial charge in [0.2, 0.25) is 6.33 Å². The molecule has 6 rings (SSSR count). The van der Waals surface area contributed by atoms with Crippen LogP contribution in [0.3, 0.4) is 0 Å². The Balaban J connectivity index is 0.000000208. The number of benzene rings is 4. The first-order chi connectivity index (χ1) is 17.6. The predicted molar refractivity (Wildman–Crippen MR) is 146 cm³/mol. The van der Waals surface area contributed by atoms with E-state index in [1.165, 1.54) is 22.3 Å².